The molecular formula is C19H23NO. The standard InChI is InChI=1S/C19H23NO/c1-15-7-5-6-10-18(15)19(16-8-3-2-4-9-16)20-17-11-13-21-14-12-17/h2-10,17,19-20H,11-14H2,1H3. The summed E-state index contributed by atoms with van der Waals surface area (Å²) < 4.78 is 5.48. The maximum atomic E-state index is 5.48. The largest absolute Gasteiger partial charge is 0.381 e. The van der Waals surface area contributed by atoms with Crippen molar-refractivity contribution in [3.63, 3.8) is 0 Å². The minimum atomic E-state index is 0.260. The van der Waals surface area contributed by atoms with Gasteiger partial charge in [-0.15, -0.1) is 0 Å². The van der Waals surface area contributed by atoms with Crippen LogP contribution in [0.15, 0.2) is 54.6 Å². The first-order valence-electron chi connectivity index (χ1n) is 7.79. The number of ether oxygens (including phenoxy) is 1. The average Bonchev–Trinajstić information content (AvgIpc) is 2.55. The maximum absolute atomic E-state index is 5.48. The molecular weight excluding hydrogens is 258 g/mol. The summed E-state index contributed by atoms with van der Waals surface area (Å²) in [6.07, 6.45) is 2.18. The van der Waals surface area contributed by atoms with Crippen molar-refractivity contribution in [3.8, 4) is 0 Å². The first kappa shape index (κ1) is 14.3. The Labute approximate surface area is 127 Å². The third-order valence-corrected chi connectivity index (χ3v) is 4.26. The summed E-state index contributed by atoms with van der Waals surface area (Å²) in [5.41, 5.74) is 4.04. The molecule has 1 saturated heterocycles. The lowest BCUT2D eigenvalue weighted by atomic mass is 9.93. The quantitative estimate of drug-likeness (QED) is 0.919. The Morgan fingerprint density at radius 2 is 1.62 bits per heavy atom. The zero-order chi connectivity index (χ0) is 14.5. The topological polar surface area (TPSA) is 21.3 Å². The molecule has 1 atom stereocenters. The minimum absolute atomic E-state index is 0.260. The van der Waals surface area contributed by atoms with E-state index in [1.54, 1.807) is 0 Å². The molecule has 110 valence electrons. The Kier molecular flexibility index (Phi) is 4.69. The van der Waals surface area contributed by atoms with Crippen molar-refractivity contribution in [2.24, 2.45) is 0 Å². The van der Waals surface area contributed by atoms with Gasteiger partial charge in [-0.3, -0.25) is 0 Å². The summed E-state index contributed by atoms with van der Waals surface area (Å²) in [5, 5.41) is 3.85. The number of benzene rings is 2. The molecule has 1 aliphatic rings. The fourth-order valence-electron chi connectivity index (χ4n) is 3.02. The van der Waals surface area contributed by atoms with Gasteiger partial charge in [0, 0.05) is 19.3 Å². The van der Waals surface area contributed by atoms with E-state index in [1.807, 2.05) is 0 Å². The van der Waals surface area contributed by atoms with Crippen LogP contribution in [0.3, 0.4) is 0 Å². The van der Waals surface area contributed by atoms with Crippen LogP contribution in [0, 0.1) is 6.92 Å². The lowest BCUT2D eigenvalue weighted by Crippen LogP contribution is -2.38. The van der Waals surface area contributed by atoms with Gasteiger partial charge in [-0.1, -0.05) is 54.6 Å². The van der Waals surface area contributed by atoms with E-state index in [1.165, 1.54) is 16.7 Å². The molecule has 21 heavy (non-hydrogen) atoms. The molecule has 0 aliphatic carbocycles. The molecule has 1 heterocycles. The molecule has 0 aromatic heterocycles. The van der Waals surface area contributed by atoms with Crippen LogP contribution in [0.4, 0.5) is 0 Å². The van der Waals surface area contributed by atoms with Gasteiger partial charge in [0.25, 0.3) is 0 Å². The fraction of sp³-hybridized carbons (Fsp3) is 0.368. The fourth-order valence-corrected chi connectivity index (χ4v) is 3.02. The molecule has 2 aromatic carbocycles. The van der Waals surface area contributed by atoms with Gasteiger partial charge in [0.2, 0.25) is 0 Å². The van der Waals surface area contributed by atoms with Crippen LogP contribution in [0.1, 0.15) is 35.6 Å². The minimum Gasteiger partial charge on any atom is -0.381 e. The molecule has 1 unspecified atom stereocenters. The summed E-state index contributed by atoms with van der Waals surface area (Å²) in [5.74, 6) is 0. The van der Waals surface area contributed by atoms with Crippen LogP contribution >= 0.6 is 0 Å². The van der Waals surface area contributed by atoms with Crippen molar-refractivity contribution < 1.29 is 4.74 Å². The highest BCUT2D eigenvalue weighted by molar-refractivity contribution is 5.36. The monoisotopic (exact) mass is 281 g/mol. The van der Waals surface area contributed by atoms with E-state index < -0.39 is 0 Å². The van der Waals surface area contributed by atoms with Gasteiger partial charge >= 0.3 is 0 Å². The zero-order valence-electron chi connectivity index (χ0n) is 12.6. The highest BCUT2D eigenvalue weighted by Crippen LogP contribution is 2.26. The van der Waals surface area contributed by atoms with Crippen molar-refractivity contribution >= 4 is 0 Å². The zero-order valence-corrected chi connectivity index (χ0v) is 12.6. The summed E-state index contributed by atoms with van der Waals surface area (Å²) in [6, 6.07) is 20.2. The van der Waals surface area contributed by atoms with Crippen molar-refractivity contribution in [1.29, 1.82) is 0 Å². The van der Waals surface area contributed by atoms with Crippen LogP contribution in [0.25, 0.3) is 0 Å². The Morgan fingerprint density at radius 3 is 2.33 bits per heavy atom. The van der Waals surface area contributed by atoms with Crippen molar-refractivity contribution in [3.05, 3.63) is 71.3 Å². The molecule has 2 nitrogen and oxygen atoms in total. The maximum Gasteiger partial charge on any atom is 0.0581 e. The predicted octanol–water partition coefficient (Wildman–Crippen LogP) is 3.85. The second-order valence-electron chi connectivity index (χ2n) is 5.75. The van der Waals surface area contributed by atoms with Gasteiger partial charge in [0.15, 0.2) is 0 Å². The van der Waals surface area contributed by atoms with E-state index in [-0.39, 0.29) is 6.04 Å². The summed E-state index contributed by atoms with van der Waals surface area (Å²) in [4.78, 5) is 0. The SMILES string of the molecule is Cc1ccccc1C(NC1CCOCC1)c1ccccc1. The molecule has 0 saturated carbocycles. The van der Waals surface area contributed by atoms with Gasteiger partial charge in [0.05, 0.1) is 6.04 Å². The molecule has 0 bridgehead atoms. The van der Waals surface area contributed by atoms with Crippen molar-refractivity contribution in [1.82, 2.24) is 5.32 Å². The van der Waals surface area contributed by atoms with Gasteiger partial charge < -0.3 is 10.1 Å². The van der Waals surface area contributed by atoms with E-state index in [9.17, 15) is 0 Å². The van der Waals surface area contributed by atoms with Gasteiger partial charge in [-0.05, 0) is 36.5 Å². The highest BCUT2D eigenvalue weighted by atomic mass is 16.5. The first-order valence-corrected chi connectivity index (χ1v) is 7.79. The number of hydrogen-bond acceptors (Lipinski definition) is 2. The van der Waals surface area contributed by atoms with Crippen LogP contribution < -0.4 is 5.32 Å². The summed E-state index contributed by atoms with van der Waals surface area (Å²) in [7, 11) is 0. The molecule has 0 amide bonds. The smallest absolute Gasteiger partial charge is 0.0581 e. The Bertz CT molecular complexity index is 561. The molecule has 3 rings (SSSR count). The predicted molar refractivity (Wildman–Crippen MR) is 86.4 cm³/mol. The van der Waals surface area contributed by atoms with Gasteiger partial charge in [0.1, 0.15) is 0 Å². The Balaban J connectivity index is 1.89. The van der Waals surface area contributed by atoms with Crippen molar-refractivity contribution in [2.75, 3.05) is 13.2 Å². The molecule has 1 N–H and O–H groups in total. The Morgan fingerprint density at radius 1 is 0.952 bits per heavy atom. The molecule has 2 aromatic rings. The summed E-state index contributed by atoms with van der Waals surface area (Å²) >= 11 is 0. The van der Waals surface area contributed by atoms with Crippen molar-refractivity contribution in [2.45, 2.75) is 31.8 Å². The van der Waals surface area contributed by atoms with E-state index in [0.29, 0.717) is 6.04 Å². The molecule has 0 radical (unpaired) electrons. The lowest BCUT2D eigenvalue weighted by molar-refractivity contribution is 0.0760. The first-order chi connectivity index (χ1) is 10.3. The molecule has 2 heteroatoms. The number of aryl methyl sites for hydroxylation is 1. The third-order valence-electron chi connectivity index (χ3n) is 4.26. The van der Waals surface area contributed by atoms with Gasteiger partial charge in [-0.2, -0.15) is 0 Å². The summed E-state index contributed by atoms with van der Waals surface area (Å²) in [6.45, 7) is 3.93. The van der Waals surface area contributed by atoms with Crippen LogP contribution in [-0.4, -0.2) is 19.3 Å². The van der Waals surface area contributed by atoms with Crippen LogP contribution in [0.2, 0.25) is 0 Å². The number of hydrogen-bond donors (Lipinski definition) is 1. The second kappa shape index (κ2) is 6.88. The Hall–Kier alpha value is -1.64. The van der Waals surface area contributed by atoms with Crippen LogP contribution in [0.5, 0.6) is 0 Å². The average molecular weight is 281 g/mol. The van der Waals surface area contributed by atoms with E-state index in [2.05, 4.69) is 66.8 Å². The van der Waals surface area contributed by atoms with Crippen LogP contribution in [-0.2, 0) is 4.74 Å². The number of rotatable bonds is 4. The van der Waals surface area contributed by atoms with E-state index in [4.69, 9.17) is 4.74 Å². The lowest BCUT2D eigenvalue weighted by Gasteiger charge is -2.30. The van der Waals surface area contributed by atoms with E-state index in [0.717, 1.165) is 26.1 Å². The molecule has 1 aliphatic heterocycles. The van der Waals surface area contributed by atoms with E-state index >= 15 is 0 Å². The van der Waals surface area contributed by atoms with Gasteiger partial charge in [-0.25, -0.2) is 0 Å². The normalized spacial score (nSPS) is 17.6. The highest BCUT2D eigenvalue weighted by Gasteiger charge is 2.21. The molecule has 0 spiro atoms. The third kappa shape index (κ3) is 3.52. The number of nitrogens with one attached hydrogen (secondary N) is 1. The second-order valence-corrected chi connectivity index (χ2v) is 5.75. The molecule has 1 fully saturated rings.